The number of likely N-dealkylation sites (N-methyl/N-ethyl adjacent to an activating group) is 1. The molecule has 1 saturated heterocycles. The Morgan fingerprint density at radius 3 is 2.57 bits per heavy atom. The Hall–Kier alpha value is -2.71. The minimum Gasteiger partial charge on any atom is -0.395 e. The highest BCUT2D eigenvalue weighted by Gasteiger charge is 2.42. The summed E-state index contributed by atoms with van der Waals surface area (Å²) in [6, 6.07) is 6.78. The van der Waals surface area contributed by atoms with E-state index in [0.29, 0.717) is 23.4 Å². The van der Waals surface area contributed by atoms with E-state index in [9.17, 15) is 19.5 Å². The third-order valence-corrected chi connectivity index (χ3v) is 4.86. The van der Waals surface area contributed by atoms with Gasteiger partial charge in [-0.3, -0.25) is 19.3 Å². The molecule has 0 spiro atoms. The molecule has 28 heavy (non-hydrogen) atoms. The molecule has 0 aromatic heterocycles. The Morgan fingerprint density at radius 1 is 1.29 bits per heavy atom. The van der Waals surface area contributed by atoms with Gasteiger partial charge in [0.2, 0.25) is 5.91 Å². The zero-order valence-corrected chi connectivity index (χ0v) is 16.1. The molecule has 0 bridgehead atoms. The third kappa shape index (κ3) is 4.07. The second-order valence-corrected chi connectivity index (χ2v) is 6.98. The lowest BCUT2D eigenvalue weighted by molar-refractivity contribution is -0.139. The van der Waals surface area contributed by atoms with Gasteiger partial charge < -0.3 is 20.1 Å². The molecule has 1 atom stereocenters. The number of carbonyl (C=O) groups is 3. The first-order valence-electron chi connectivity index (χ1n) is 9.34. The molecule has 1 aromatic carbocycles. The first-order chi connectivity index (χ1) is 13.4. The van der Waals surface area contributed by atoms with Crippen molar-refractivity contribution in [3.05, 3.63) is 35.5 Å². The van der Waals surface area contributed by atoms with Gasteiger partial charge in [-0.15, -0.1) is 0 Å². The van der Waals surface area contributed by atoms with Crippen molar-refractivity contribution in [2.75, 3.05) is 38.7 Å². The molecule has 3 rings (SSSR count). The summed E-state index contributed by atoms with van der Waals surface area (Å²) in [6.45, 7) is 2.38. The number of nitrogens with one attached hydrogen (secondary N) is 1. The summed E-state index contributed by atoms with van der Waals surface area (Å²) in [4.78, 5) is 40.2. The average Bonchev–Trinajstić information content (AvgIpc) is 3.24. The fraction of sp³-hybridized carbons (Fsp3) is 0.450. The van der Waals surface area contributed by atoms with E-state index in [0.717, 1.165) is 12.8 Å². The Kier molecular flexibility index (Phi) is 6.11. The summed E-state index contributed by atoms with van der Waals surface area (Å²) in [5, 5.41) is 12.0. The maximum Gasteiger partial charge on any atom is 0.277 e. The molecule has 2 aliphatic rings. The summed E-state index contributed by atoms with van der Waals surface area (Å²) in [5.41, 5.74) is 1.76. The highest BCUT2D eigenvalue weighted by Crippen LogP contribution is 2.32. The van der Waals surface area contributed by atoms with Crippen molar-refractivity contribution in [2.24, 2.45) is 0 Å². The molecule has 1 unspecified atom stereocenters. The van der Waals surface area contributed by atoms with Crippen molar-refractivity contribution in [1.82, 2.24) is 9.80 Å². The molecule has 0 saturated carbocycles. The summed E-state index contributed by atoms with van der Waals surface area (Å²) in [5.74, 6) is -0.935. The second-order valence-electron chi connectivity index (χ2n) is 6.98. The lowest BCUT2D eigenvalue weighted by atomic mass is 10.0. The van der Waals surface area contributed by atoms with Gasteiger partial charge in [-0.25, -0.2) is 0 Å². The minimum atomic E-state index is -0.377. The van der Waals surface area contributed by atoms with E-state index in [1.54, 1.807) is 36.2 Å². The number of ether oxygens (including phenoxy) is 1. The van der Waals surface area contributed by atoms with Crippen LogP contribution in [0.3, 0.4) is 0 Å². The number of hydrogen-bond acceptors (Lipinski definition) is 6. The number of hydrogen-bond donors (Lipinski definition) is 2. The van der Waals surface area contributed by atoms with E-state index in [1.807, 2.05) is 0 Å². The smallest absolute Gasteiger partial charge is 0.277 e. The minimum absolute atomic E-state index is 0.137. The third-order valence-electron chi connectivity index (χ3n) is 4.86. The summed E-state index contributed by atoms with van der Waals surface area (Å²) in [7, 11) is 1.68. The molecule has 3 amide bonds. The highest BCUT2D eigenvalue weighted by molar-refractivity contribution is 6.35. The number of rotatable bonds is 7. The summed E-state index contributed by atoms with van der Waals surface area (Å²) < 4.78 is 5.59. The number of imide groups is 1. The van der Waals surface area contributed by atoms with Gasteiger partial charge in [-0.05, 0) is 30.5 Å². The van der Waals surface area contributed by atoms with Crippen LogP contribution in [0, 0.1) is 0 Å². The van der Waals surface area contributed by atoms with Gasteiger partial charge in [0.25, 0.3) is 11.8 Å². The fourth-order valence-electron chi connectivity index (χ4n) is 3.52. The van der Waals surface area contributed by atoms with Crippen LogP contribution in [0.2, 0.25) is 0 Å². The van der Waals surface area contributed by atoms with E-state index in [4.69, 9.17) is 4.74 Å². The number of nitrogens with zero attached hydrogens (tertiary/aromatic N) is 2. The van der Waals surface area contributed by atoms with Crippen LogP contribution in [-0.2, 0) is 19.1 Å². The summed E-state index contributed by atoms with van der Waals surface area (Å²) in [6.07, 6.45) is 1.60. The van der Waals surface area contributed by atoms with Crippen molar-refractivity contribution >= 4 is 29.0 Å². The van der Waals surface area contributed by atoms with Crippen LogP contribution < -0.4 is 5.32 Å². The van der Waals surface area contributed by atoms with Crippen molar-refractivity contribution in [1.29, 1.82) is 0 Å². The zero-order valence-electron chi connectivity index (χ0n) is 16.1. The van der Waals surface area contributed by atoms with Crippen molar-refractivity contribution < 1.29 is 24.2 Å². The number of amides is 3. The van der Waals surface area contributed by atoms with Crippen LogP contribution in [0.1, 0.15) is 25.3 Å². The van der Waals surface area contributed by atoms with Crippen LogP contribution >= 0.6 is 0 Å². The molecule has 150 valence electrons. The van der Waals surface area contributed by atoms with E-state index < -0.39 is 0 Å². The average molecular weight is 387 g/mol. The number of aliphatic hydroxyl groups is 1. The van der Waals surface area contributed by atoms with Crippen molar-refractivity contribution in [3.63, 3.8) is 0 Å². The number of benzene rings is 1. The zero-order chi connectivity index (χ0) is 20.3. The monoisotopic (exact) mass is 387 g/mol. The molecule has 2 aliphatic heterocycles. The lowest BCUT2D eigenvalue weighted by Crippen LogP contribution is -2.39. The first kappa shape index (κ1) is 20.0. The number of anilines is 1. The van der Waals surface area contributed by atoms with Crippen LogP contribution in [0.4, 0.5) is 5.69 Å². The molecular weight excluding hydrogens is 362 g/mol. The van der Waals surface area contributed by atoms with Gasteiger partial charge in [0.15, 0.2) is 0 Å². The van der Waals surface area contributed by atoms with Gasteiger partial charge in [0.05, 0.1) is 24.8 Å². The normalized spacial score (nSPS) is 19.5. The molecular formula is C20H25N3O5. The van der Waals surface area contributed by atoms with Crippen LogP contribution in [0.5, 0.6) is 0 Å². The van der Waals surface area contributed by atoms with Crippen molar-refractivity contribution in [3.8, 4) is 0 Å². The van der Waals surface area contributed by atoms with Crippen LogP contribution in [-0.4, -0.2) is 72.1 Å². The Labute approximate surface area is 163 Å². The van der Waals surface area contributed by atoms with Gasteiger partial charge in [-0.2, -0.15) is 0 Å². The predicted molar refractivity (Wildman–Crippen MR) is 103 cm³/mol. The first-order valence-corrected chi connectivity index (χ1v) is 9.34. The maximum absolute atomic E-state index is 13.1. The molecule has 2 N–H and O–H groups in total. The van der Waals surface area contributed by atoms with Crippen molar-refractivity contribution in [2.45, 2.75) is 25.9 Å². The molecule has 1 aromatic rings. The standard InChI is InChI=1S/C20H25N3O5/c1-13(25)21-15-7-5-14(6-8-15)17-18(22(2)9-10-24)20(27)23(19(17)26)12-16-4-3-11-28-16/h5-8,16,24H,3-4,9-12H2,1-2H3,(H,21,25). The topological polar surface area (TPSA) is 99.2 Å². The molecule has 0 radical (unpaired) electrons. The molecule has 2 heterocycles. The Balaban J connectivity index is 1.93. The lowest BCUT2D eigenvalue weighted by Gasteiger charge is -2.22. The maximum atomic E-state index is 13.1. The number of carbonyl (C=O) groups excluding carboxylic acids is 3. The van der Waals surface area contributed by atoms with Crippen LogP contribution in [0.15, 0.2) is 30.0 Å². The van der Waals surface area contributed by atoms with Gasteiger partial charge in [0, 0.05) is 32.8 Å². The Morgan fingerprint density at radius 2 is 2.00 bits per heavy atom. The molecule has 0 aliphatic carbocycles. The Bertz CT molecular complexity index is 797. The number of aliphatic hydroxyl groups excluding tert-OH is 1. The van der Waals surface area contributed by atoms with Gasteiger partial charge in [-0.1, -0.05) is 12.1 Å². The van der Waals surface area contributed by atoms with Gasteiger partial charge >= 0.3 is 0 Å². The van der Waals surface area contributed by atoms with E-state index >= 15 is 0 Å². The highest BCUT2D eigenvalue weighted by atomic mass is 16.5. The molecule has 1 fully saturated rings. The quantitative estimate of drug-likeness (QED) is 0.673. The van der Waals surface area contributed by atoms with E-state index in [2.05, 4.69) is 5.32 Å². The van der Waals surface area contributed by atoms with Crippen LogP contribution in [0.25, 0.3) is 5.57 Å². The predicted octanol–water partition coefficient (Wildman–Crippen LogP) is 0.828. The second kappa shape index (κ2) is 8.53. The largest absolute Gasteiger partial charge is 0.395 e. The molecule has 8 nitrogen and oxygen atoms in total. The SMILES string of the molecule is CC(=O)Nc1ccc(C2=C(N(C)CCO)C(=O)N(CC3CCCO3)C2=O)cc1. The van der Waals surface area contributed by atoms with E-state index in [-0.39, 0.29) is 49.2 Å². The summed E-state index contributed by atoms with van der Waals surface area (Å²) >= 11 is 0. The fourth-order valence-corrected chi connectivity index (χ4v) is 3.52. The molecule has 8 heteroatoms. The van der Waals surface area contributed by atoms with E-state index in [1.165, 1.54) is 11.8 Å². The van der Waals surface area contributed by atoms with Gasteiger partial charge in [0.1, 0.15) is 5.70 Å².